The van der Waals surface area contributed by atoms with Crippen molar-refractivity contribution in [2.24, 2.45) is 0 Å². The molecular formula is C22H26FN3O5S. The van der Waals surface area contributed by atoms with Crippen LogP contribution in [-0.4, -0.2) is 47.9 Å². The minimum Gasteiger partial charge on any atom is -0.462 e. The molecule has 10 heteroatoms. The van der Waals surface area contributed by atoms with Gasteiger partial charge in [0.2, 0.25) is 10.0 Å². The number of nitrogens with one attached hydrogen (secondary N) is 1. The fourth-order valence-corrected chi connectivity index (χ4v) is 4.89. The highest BCUT2D eigenvalue weighted by molar-refractivity contribution is 7.88. The van der Waals surface area contributed by atoms with E-state index in [1.54, 1.807) is 6.07 Å². The summed E-state index contributed by atoms with van der Waals surface area (Å²) in [7, 11) is -3.43. The maximum Gasteiger partial charge on any atom is 0.308 e. The largest absolute Gasteiger partial charge is 0.462 e. The number of aliphatic hydroxyl groups is 1. The van der Waals surface area contributed by atoms with Crippen LogP contribution >= 0.6 is 0 Å². The topological polar surface area (TPSA) is 118 Å². The molecule has 32 heavy (non-hydrogen) atoms. The summed E-state index contributed by atoms with van der Waals surface area (Å²) in [6, 6.07) is 4.41. The molecule has 0 unspecified atom stereocenters. The van der Waals surface area contributed by atoms with Gasteiger partial charge in [0.25, 0.3) is 0 Å². The molecule has 172 valence electrons. The van der Waals surface area contributed by atoms with Crippen molar-refractivity contribution < 1.29 is 27.4 Å². The van der Waals surface area contributed by atoms with Crippen molar-refractivity contribution in [2.45, 2.75) is 63.7 Å². The van der Waals surface area contributed by atoms with E-state index in [1.165, 1.54) is 12.1 Å². The summed E-state index contributed by atoms with van der Waals surface area (Å²) in [5, 5.41) is 10.1. The highest BCUT2D eigenvalue weighted by Gasteiger charge is 2.39. The summed E-state index contributed by atoms with van der Waals surface area (Å²) in [5.41, 5.74) is 3.60. The Morgan fingerprint density at radius 3 is 2.69 bits per heavy atom. The van der Waals surface area contributed by atoms with E-state index in [4.69, 9.17) is 4.74 Å². The predicted molar refractivity (Wildman–Crippen MR) is 115 cm³/mol. The zero-order valence-electron chi connectivity index (χ0n) is 18.1. The van der Waals surface area contributed by atoms with Gasteiger partial charge in [0.05, 0.1) is 36.7 Å². The highest BCUT2D eigenvalue weighted by atomic mass is 32.2. The van der Waals surface area contributed by atoms with E-state index in [0.29, 0.717) is 29.1 Å². The molecule has 4 rings (SSSR count). The first-order valence-corrected chi connectivity index (χ1v) is 12.4. The predicted octanol–water partition coefficient (Wildman–Crippen LogP) is 2.16. The van der Waals surface area contributed by atoms with Gasteiger partial charge >= 0.3 is 5.97 Å². The minimum absolute atomic E-state index is 0.0193. The first-order valence-electron chi connectivity index (χ1n) is 10.5. The Hall–Kier alpha value is -2.43. The summed E-state index contributed by atoms with van der Waals surface area (Å²) < 4.78 is 45.3. The summed E-state index contributed by atoms with van der Waals surface area (Å²) in [4.78, 5) is 21.2. The van der Waals surface area contributed by atoms with Gasteiger partial charge in [0.15, 0.2) is 0 Å². The minimum atomic E-state index is -3.43. The van der Waals surface area contributed by atoms with Crippen LogP contribution in [0.5, 0.6) is 0 Å². The number of esters is 1. The van der Waals surface area contributed by atoms with Crippen molar-refractivity contribution in [1.82, 2.24) is 14.7 Å². The van der Waals surface area contributed by atoms with Crippen LogP contribution in [0.3, 0.4) is 0 Å². The molecule has 0 amide bonds. The number of cyclic esters (lactones) is 1. The van der Waals surface area contributed by atoms with E-state index in [-0.39, 0.29) is 31.2 Å². The first-order chi connectivity index (χ1) is 15.0. The molecule has 2 N–H and O–H groups in total. The third kappa shape index (κ3) is 4.67. The van der Waals surface area contributed by atoms with Gasteiger partial charge in [0, 0.05) is 23.5 Å². The molecule has 3 atom stereocenters. The molecule has 0 spiro atoms. The van der Waals surface area contributed by atoms with Gasteiger partial charge in [-0.2, -0.15) is 0 Å². The summed E-state index contributed by atoms with van der Waals surface area (Å²) >= 11 is 0. The van der Waals surface area contributed by atoms with E-state index < -0.39 is 34.0 Å². The Morgan fingerprint density at radius 1 is 1.28 bits per heavy atom. The molecule has 2 aliphatic rings. The van der Waals surface area contributed by atoms with Crippen molar-refractivity contribution in [3.8, 4) is 11.3 Å². The smallest absolute Gasteiger partial charge is 0.308 e. The molecule has 1 aliphatic heterocycles. The van der Waals surface area contributed by atoms with Crippen molar-refractivity contribution in [3.05, 3.63) is 46.7 Å². The van der Waals surface area contributed by atoms with E-state index in [9.17, 15) is 22.7 Å². The lowest BCUT2D eigenvalue weighted by molar-refractivity contribution is -0.161. The maximum absolute atomic E-state index is 14.2. The van der Waals surface area contributed by atoms with Crippen LogP contribution in [0.15, 0.2) is 18.2 Å². The monoisotopic (exact) mass is 463 g/mol. The van der Waals surface area contributed by atoms with Gasteiger partial charge < -0.3 is 9.84 Å². The van der Waals surface area contributed by atoms with Gasteiger partial charge in [-0.15, -0.1) is 0 Å². The number of nitrogens with zero attached hydrogens (tertiary/aromatic N) is 2. The maximum atomic E-state index is 14.2. The van der Waals surface area contributed by atoms with Crippen molar-refractivity contribution in [1.29, 1.82) is 0 Å². The Morgan fingerprint density at radius 2 is 2.03 bits per heavy atom. The normalized spacial score (nSPS) is 22.9. The Labute approximate surface area is 186 Å². The van der Waals surface area contributed by atoms with Gasteiger partial charge in [-0.1, -0.05) is 13.8 Å². The first kappa shape index (κ1) is 22.8. The van der Waals surface area contributed by atoms with E-state index in [0.717, 1.165) is 17.5 Å². The number of benzene rings is 1. The number of hydrogen-bond donors (Lipinski definition) is 2. The number of aromatic nitrogens is 2. The second kappa shape index (κ2) is 8.49. The van der Waals surface area contributed by atoms with Crippen LogP contribution in [0.4, 0.5) is 4.39 Å². The lowest BCUT2D eigenvalue weighted by atomic mass is 9.75. The molecule has 8 nitrogen and oxygen atoms in total. The number of rotatable bonds is 5. The zero-order chi connectivity index (χ0) is 23.2. The fraction of sp³-hybridized carbons (Fsp3) is 0.500. The summed E-state index contributed by atoms with van der Waals surface area (Å²) in [5.74, 6) is -0.901. The molecule has 2 heterocycles. The van der Waals surface area contributed by atoms with Crippen LogP contribution in [-0.2, 0) is 32.5 Å². The number of fused-ring (bicyclic) bond motifs is 3. The number of sulfonamides is 1. The second-order valence-corrected chi connectivity index (χ2v) is 10.6. The number of halogens is 1. The van der Waals surface area contributed by atoms with Gasteiger partial charge in [-0.05, 0) is 36.1 Å². The number of carbonyl (C=O) groups is 1. The average Bonchev–Trinajstić information content (AvgIpc) is 2.69. The number of hydrogen-bond acceptors (Lipinski definition) is 7. The molecule has 0 radical (unpaired) electrons. The van der Waals surface area contributed by atoms with Crippen LogP contribution in [0.1, 0.15) is 61.2 Å². The Balaban J connectivity index is 1.83. The third-order valence-corrected chi connectivity index (χ3v) is 6.52. The van der Waals surface area contributed by atoms with Crippen LogP contribution in [0.25, 0.3) is 11.3 Å². The van der Waals surface area contributed by atoms with Crippen molar-refractivity contribution >= 4 is 16.0 Å². The molecule has 1 aliphatic carbocycles. The molecule has 0 saturated carbocycles. The van der Waals surface area contributed by atoms with E-state index >= 15 is 0 Å². The van der Waals surface area contributed by atoms with Gasteiger partial charge in [-0.3, -0.25) is 4.79 Å². The Bertz CT molecular complexity index is 1170. The fourth-order valence-electron chi connectivity index (χ4n) is 4.50. The molecule has 1 saturated heterocycles. The standard InChI is InChI=1S/C22H26FN3O5S/c1-11(2)21-17-9-16(18-7-13(27)8-20(28)31-18)15-6-12(23)4-5-14(15)22(17)26-19(25-21)10-24-32(3,29)30/h4-6,11,13,16,18,24,27H,7-10H2,1-3H3/t13-,16+,18+/m1/s1. The molecular weight excluding hydrogens is 437 g/mol. The zero-order valence-corrected chi connectivity index (χ0v) is 18.9. The molecule has 1 aromatic heterocycles. The summed E-state index contributed by atoms with van der Waals surface area (Å²) in [6.45, 7) is 3.91. The Kier molecular flexibility index (Phi) is 6.04. The second-order valence-electron chi connectivity index (χ2n) is 8.76. The SMILES string of the molecule is CC(C)c1nc(CNS(C)(=O)=O)nc2c1C[C@H]([C@@H]1C[C@@H](O)CC(=O)O1)c1cc(F)ccc1-2. The van der Waals surface area contributed by atoms with Crippen molar-refractivity contribution in [2.75, 3.05) is 6.26 Å². The number of carbonyl (C=O) groups excluding carboxylic acids is 1. The molecule has 1 fully saturated rings. The van der Waals surface area contributed by atoms with Crippen LogP contribution in [0, 0.1) is 5.82 Å². The molecule has 2 aromatic rings. The lowest BCUT2D eigenvalue weighted by Gasteiger charge is -2.37. The average molecular weight is 464 g/mol. The molecule has 0 bridgehead atoms. The highest BCUT2D eigenvalue weighted by Crippen LogP contribution is 2.44. The summed E-state index contributed by atoms with van der Waals surface area (Å²) in [6.07, 6.45) is 0.320. The number of ether oxygens (including phenoxy) is 1. The van der Waals surface area contributed by atoms with Gasteiger partial charge in [0.1, 0.15) is 17.7 Å². The van der Waals surface area contributed by atoms with E-state index in [2.05, 4.69) is 14.7 Å². The van der Waals surface area contributed by atoms with Crippen LogP contribution < -0.4 is 4.72 Å². The quantitative estimate of drug-likeness (QED) is 0.652. The van der Waals surface area contributed by atoms with Crippen molar-refractivity contribution in [3.63, 3.8) is 0 Å². The molecule has 1 aromatic carbocycles. The number of aliphatic hydroxyl groups excluding tert-OH is 1. The van der Waals surface area contributed by atoms with Crippen LogP contribution in [0.2, 0.25) is 0 Å². The lowest BCUT2D eigenvalue weighted by Crippen LogP contribution is -2.38. The van der Waals surface area contributed by atoms with Gasteiger partial charge in [-0.25, -0.2) is 27.5 Å². The third-order valence-electron chi connectivity index (χ3n) is 5.86. The van der Waals surface area contributed by atoms with E-state index in [1.807, 2.05) is 13.8 Å².